The number of rotatable bonds is 6. The Hall–Kier alpha value is -2.66. The van der Waals surface area contributed by atoms with Crippen molar-refractivity contribution in [3.05, 3.63) is 66.0 Å². The largest absolute Gasteiger partial charge is 0.487 e. The summed E-state index contributed by atoms with van der Waals surface area (Å²) in [5.41, 5.74) is 7.52. The van der Waals surface area contributed by atoms with E-state index in [1.165, 1.54) is 0 Å². The number of benzene rings is 1. The predicted octanol–water partition coefficient (Wildman–Crippen LogP) is 2.48. The maximum absolute atomic E-state index is 12.2. The van der Waals surface area contributed by atoms with Gasteiger partial charge in [0.25, 0.3) is 0 Å². The molecule has 0 spiro atoms. The van der Waals surface area contributed by atoms with E-state index >= 15 is 0 Å². The van der Waals surface area contributed by atoms with E-state index in [9.17, 15) is 4.79 Å². The first-order valence-corrected chi connectivity index (χ1v) is 8.54. The van der Waals surface area contributed by atoms with E-state index in [0.717, 1.165) is 36.5 Å². The average Bonchev–Trinajstić information content (AvgIpc) is 3.15. The Balaban J connectivity index is 1.51. The molecule has 25 heavy (non-hydrogen) atoms. The van der Waals surface area contributed by atoms with E-state index in [2.05, 4.69) is 4.98 Å². The van der Waals surface area contributed by atoms with Crippen LogP contribution in [0.1, 0.15) is 17.7 Å². The van der Waals surface area contributed by atoms with E-state index < -0.39 is 0 Å². The summed E-state index contributed by atoms with van der Waals surface area (Å²) in [5, 5.41) is 0. The van der Waals surface area contributed by atoms with Gasteiger partial charge in [-0.3, -0.25) is 9.78 Å². The molecule has 1 amide bonds. The third-order valence-corrected chi connectivity index (χ3v) is 4.34. The quantitative estimate of drug-likeness (QED) is 0.822. The minimum atomic E-state index is 0.0476. The molecule has 1 fully saturated rings. The highest BCUT2D eigenvalue weighted by molar-refractivity contribution is 5.91. The van der Waals surface area contributed by atoms with Gasteiger partial charge in [-0.1, -0.05) is 18.2 Å². The highest BCUT2D eigenvalue weighted by atomic mass is 16.5. The van der Waals surface area contributed by atoms with Crippen LogP contribution in [0.5, 0.6) is 5.75 Å². The van der Waals surface area contributed by atoms with Gasteiger partial charge in [-0.2, -0.15) is 0 Å². The molecule has 1 aliphatic rings. The highest BCUT2D eigenvalue weighted by Crippen LogP contribution is 2.17. The molecule has 1 saturated heterocycles. The van der Waals surface area contributed by atoms with Crippen LogP contribution in [0.3, 0.4) is 0 Å². The number of carbonyl (C=O) groups excluding carboxylic acids is 1. The standard InChI is InChI=1S/C20H23N3O2/c21-13-17-10-12-23(14-17)20(24)9-6-16-4-7-19(8-5-16)25-15-18-3-1-2-11-22-18/h1-9,11,17H,10,12-15,21H2/b9-6+. The lowest BCUT2D eigenvalue weighted by molar-refractivity contribution is -0.125. The van der Waals surface area contributed by atoms with Crippen LogP contribution in [0, 0.1) is 5.92 Å². The van der Waals surface area contributed by atoms with Crippen molar-refractivity contribution >= 4 is 12.0 Å². The van der Waals surface area contributed by atoms with Crippen molar-refractivity contribution in [2.75, 3.05) is 19.6 Å². The molecule has 5 heteroatoms. The lowest BCUT2D eigenvalue weighted by atomic mass is 10.1. The number of nitrogens with two attached hydrogens (primary N) is 1. The Morgan fingerprint density at radius 3 is 2.80 bits per heavy atom. The molecule has 130 valence electrons. The summed E-state index contributed by atoms with van der Waals surface area (Å²) in [6, 6.07) is 13.4. The molecule has 2 N–H and O–H groups in total. The first-order valence-electron chi connectivity index (χ1n) is 8.54. The summed E-state index contributed by atoms with van der Waals surface area (Å²) in [5.74, 6) is 1.26. The molecule has 1 aromatic carbocycles. The summed E-state index contributed by atoms with van der Waals surface area (Å²) in [4.78, 5) is 18.3. The topological polar surface area (TPSA) is 68.5 Å². The summed E-state index contributed by atoms with van der Waals surface area (Å²) < 4.78 is 5.70. The number of ether oxygens (including phenoxy) is 1. The Labute approximate surface area is 148 Å². The number of hydrogen-bond acceptors (Lipinski definition) is 4. The van der Waals surface area contributed by atoms with Crippen LogP contribution in [0.2, 0.25) is 0 Å². The van der Waals surface area contributed by atoms with Crippen LogP contribution >= 0.6 is 0 Å². The normalized spacial score (nSPS) is 17.2. The molecule has 0 saturated carbocycles. The summed E-state index contributed by atoms with van der Waals surface area (Å²) in [6.45, 7) is 2.64. The number of aromatic nitrogens is 1. The fourth-order valence-electron chi connectivity index (χ4n) is 2.81. The van der Waals surface area contributed by atoms with Gasteiger partial charge in [0, 0.05) is 25.4 Å². The maximum atomic E-state index is 12.2. The lowest BCUT2D eigenvalue weighted by Crippen LogP contribution is -2.28. The SMILES string of the molecule is NCC1CCN(C(=O)/C=C/c2ccc(OCc3ccccn3)cc2)C1. The summed E-state index contributed by atoms with van der Waals surface area (Å²) >= 11 is 0. The maximum Gasteiger partial charge on any atom is 0.246 e. The minimum absolute atomic E-state index is 0.0476. The van der Waals surface area contributed by atoms with Gasteiger partial charge in [0.15, 0.2) is 0 Å². The number of nitrogens with zero attached hydrogens (tertiary/aromatic N) is 2. The number of amides is 1. The zero-order valence-electron chi connectivity index (χ0n) is 14.2. The van der Waals surface area contributed by atoms with E-state index in [1.807, 2.05) is 53.4 Å². The Bertz CT molecular complexity index is 713. The lowest BCUT2D eigenvalue weighted by Gasteiger charge is -2.13. The fourth-order valence-corrected chi connectivity index (χ4v) is 2.81. The van der Waals surface area contributed by atoms with Crippen molar-refractivity contribution in [2.45, 2.75) is 13.0 Å². The van der Waals surface area contributed by atoms with Gasteiger partial charge in [-0.25, -0.2) is 0 Å². The zero-order chi connectivity index (χ0) is 17.5. The molecular formula is C20H23N3O2. The Morgan fingerprint density at radius 2 is 2.12 bits per heavy atom. The van der Waals surface area contributed by atoms with Gasteiger partial charge in [-0.05, 0) is 54.8 Å². The molecule has 5 nitrogen and oxygen atoms in total. The minimum Gasteiger partial charge on any atom is -0.487 e. The van der Waals surface area contributed by atoms with Gasteiger partial charge in [-0.15, -0.1) is 0 Å². The molecule has 1 unspecified atom stereocenters. The average molecular weight is 337 g/mol. The van der Waals surface area contributed by atoms with Crippen molar-refractivity contribution in [2.24, 2.45) is 11.7 Å². The third kappa shape index (κ3) is 4.90. The van der Waals surface area contributed by atoms with Crippen LogP contribution in [0.15, 0.2) is 54.7 Å². The van der Waals surface area contributed by atoms with Crippen LogP contribution in [0.4, 0.5) is 0 Å². The molecule has 1 aliphatic heterocycles. The van der Waals surface area contributed by atoms with E-state index in [4.69, 9.17) is 10.5 Å². The molecule has 0 bridgehead atoms. The monoisotopic (exact) mass is 337 g/mol. The van der Waals surface area contributed by atoms with Gasteiger partial charge < -0.3 is 15.4 Å². The second kappa shape index (κ2) is 8.44. The fraction of sp³-hybridized carbons (Fsp3) is 0.300. The Morgan fingerprint density at radius 1 is 1.28 bits per heavy atom. The van der Waals surface area contributed by atoms with Crippen molar-refractivity contribution in [1.29, 1.82) is 0 Å². The molecule has 1 atom stereocenters. The predicted molar refractivity (Wildman–Crippen MR) is 97.8 cm³/mol. The molecule has 3 rings (SSSR count). The number of likely N-dealkylation sites (tertiary alicyclic amines) is 1. The number of hydrogen-bond donors (Lipinski definition) is 1. The van der Waals surface area contributed by atoms with Gasteiger partial charge >= 0.3 is 0 Å². The van der Waals surface area contributed by atoms with Crippen LogP contribution in [-0.4, -0.2) is 35.4 Å². The number of carbonyl (C=O) groups is 1. The second-order valence-corrected chi connectivity index (χ2v) is 6.19. The van der Waals surface area contributed by atoms with Gasteiger partial charge in [0.1, 0.15) is 12.4 Å². The second-order valence-electron chi connectivity index (χ2n) is 6.19. The van der Waals surface area contributed by atoms with Crippen molar-refractivity contribution in [3.63, 3.8) is 0 Å². The first-order chi connectivity index (χ1) is 12.2. The van der Waals surface area contributed by atoms with Crippen LogP contribution < -0.4 is 10.5 Å². The van der Waals surface area contributed by atoms with Crippen LogP contribution in [0.25, 0.3) is 6.08 Å². The molecule has 0 radical (unpaired) electrons. The first kappa shape index (κ1) is 17.2. The summed E-state index contributed by atoms with van der Waals surface area (Å²) in [6.07, 6.45) is 6.21. The van der Waals surface area contributed by atoms with E-state index in [-0.39, 0.29) is 5.91 Å². The highest BCUT2D eigenvalue weighted by Gasteiger charge is 2.23. The summed E-state index contributed by atoms with van der Waals surface area (Å²) in [7, 11) is 0. The van der Waals surface area contributed by atoms with Crippen molar-refractivity contribution in [1.82, 2.24) is 9.88 Å². The van der Waals surface area contributed by atoms with Crippen molar-refractivity contribution < 1.29 is 9.53 Å². The molecule has 1 aromatic heterocycles. The van der Waals surface area contributed by atoms with Gasteiger partial charge in [0.2, 0.25) is 5.91 Å². The zero-order valence-corrected chi connectivity index (χ0v) is 14.2. The van der Waals surface area contributed by atoms with E-state index in [0.29, 0.717) is 19.1 Å². The van der Waals surface area contributed by atoms with Crippen molar-refractivity contribution in [3.8, 4) is 5.75 Å². The molecular weight excluding hydrogens is 314 g/mol. The molecule has 0 aliphatic carbocycles. The third-order valence-electron chi connectivity index (χ3n) is 4.34. The molecule has 2 heterocycles. The molecule has 2 aromatic rings. The van der Waals surface area contributed by atoms with E-state index in [1.54, 1.807) is 12.3 Å². The van der Waals surface area contributed by atoms with Crippen LogP contribution in [-0.2, 0) is 11.4 Å². The van der Waals surface area contributed by atoms with Gasteiger partial charge in [0.05, 0.1) is 5.69 Å². The number of pyridine rings is 1. The Kier molecular flexibility index (Phi) is 5.80. The smallest absolute Gasteiger partial charge is 0.246 e.